The Bertz CT molecular complexity index is 350. The van der Waals surface area contributed by atoms with Crippen molar-refractivity contribution in [2.45, 2.75) is 6.92 Å². The van der Waals surface area contributed by atoms with Gasteiger partial charge in [0, 0.05) is 26.4 Å². The van der Waals surface area contributed by atoms with E-state index in [0.29, 0.717) is 19.5 Å². The third-order valence-electron chi connectivity index (χ3n) is 2.17. The first kappa shape index (κ1) is 15.9. The Kier molecular flexibility index (Phi) is 7.92. The lowest BCUT2D eigenvalue weighted by Crippen LogP contribution is -2.35. The van der Waals surface area contributed by atoms with Crippen molar-refractivity contribution in [1.29, 1.82) is 0 Å². The van der Waals surface area contributed by atoms with E-state index in [2.05, 4.69) is 11.6 Å². The summed E-state index contributed by atoms with van der Waals surface area (Å²) in [7, 11) is 1.82. The first-order valence-electron chi connectivity index (χ1n) is 5.48. The van der Waals surface area contributed by atoms with Crippen LogP contribution in [0, 0.1) is 0 Å². The molecule has 0 rings (SSSR count). The minimum atomic E-state index is -1.03. The summed E-state index contributed by atoms with van der Waals surface area (Å²) in [5.41, 5.74) is 0. The summed E-state index contributed by atoms with van der Waals surface area (Å²) < 4.78 is 0. The van der Waals surface area contributed by atoms with Gasteiger partial charge in [-0.05, 0) is 13.0 Å². The first-order chi connectivity index (χ1) is 8.54. The van der Waals surface area contributed by atoms with Crippen LogP contribution in [0.5, 0.6) is 0 Å². The SMILES string of the molecule is C=C/C=N\C(=C/C)N(C)CCN(C=O)CC(=O)O. The highest BCUT2D eigenvalue weighted by atomic mass is 16.4. The molecule has 0 aromatic carbocycles. The average molecular weight is 253 g/mol. The van der Waals surface area contributed by atoms with Gasteiger partial charge in [-0.1, -0.05) is 12.7 Å². The molecule has 0 heterocycles. The molecule has 0 atom stereocenters. The molecule has 0 saturated heterocycles. The molecule has 0 spiro atoms. The van der Waals surface area contributed by atoms with Crippen LogP contribution < -0.4 is 0 Å². The lowest BCUT2D eigenvalue weighted by atomic mass is 10.4. The number of rotatable bonds is 9. The van der Waals surface area contributed by atoms with Crippen molar-refractivity contribution < 1.29 is 14.7 Å². The fourth-order valence-corrected chi connectivity index (χ4v) is 1.26. The zero-order valence-electron chi connectivity index (χ0n) is 10.7. The van der Waals surface area contributed by atoms with Gasteiger partial charge in [-0.3, -0.25) is 9.59 Å². The molecule has 0 aliphatic heterocycles. The number of aliphatic imine (C=N–C) groups is 1. The first-order valence-corrected chi connectivity index (χ1v) is 5.48. The molecule has 0 radical (unpaired) electrons. The number of amides is 1. The van der Waals surface area contributed by atoms with Gasteiger partial charge in [0.2, 0.25) is 6.41 Å². The van der Waals surface area contributed by atoms with Crippen LogP contribution in [-0.4, -0.2) is 60.2 Å². The fraction of sp³-hybridized carbons (Fsp3) is 0.417. The van der Waals surface area contributed by atoms with Crippen molar-refractivity contribution in [3.8, 4) is 0 Å². The van der Waals surface area contributed by atoms with Crippen molar-refractivity contribution in [2.75, 3.05) is 26.7 Å². The summed E-state index contributed by atoms with van der Waals surface area (Å²) in [6.45, 7) is 5.91. The topological polar surface area (TPSA) is 73.2 Å². The van der Waals surface area contributed by atoms with Crippen molar-refractivity contribution in [1.82, 2.24) is 9.80 Å². The predicted molar refractivity (Wildman–Crippen MR) is 70.3 cm³/mol. The average Bonchev–Trinajstić information content (AvgIpc) is 2.34. The third kappa shape index (κ3) is 6.47. The number of carboxylic acids is 1. The Balaban J connectivity index is 4.33. The highest BCUT2D eigenvalue weighted by Gasteiger charge is 2.08. The molecule has 0 unspecified atom stereocenters. The van der Waals surface area contributed by atoms with Crippen molar-refractivity contribution >= 4 is 18.6 Å². The zero-order chi connectivity index (χ0) is 14.0. The van der Waals surface area contributed by atoms with E-state index >= 15 is 0 Å². The van der Waals surface area contributed by atoms with Crippen LogP contribution >= 0.6 is 0 Å². The molecule has 0 aliphatic carbocycles. The number of nitrogens with zero attached hydrogens (tertiary/aromatic N) is 3. The Morgan fingerprint density at radius 1 is 1.44 bits per heavy atom. The highest BCUT2D eigenvalue weighted by molar-refractivity contribution is 5.72. The second-order valence-corrected chi connectivity index (χ2v) is 3.55. The van der Waals surface area contributed by atoms with Crippen molar-refractivity contribution in [3.63, 3.8) is 0 Å². The summed E-state index contributed by atoms with van der Waals surface area (Å²) in [4.78, 5) is 28.3. The summed E-state index contributed by atoms with van der Waals surface area (Å²) in [6, 6.07) is 0. The minimum Gasteiger partial charge on any atom is -0.480 e. The third-order valence-corrected chi connectivity index (χ3v) is 2.17. The molecule has 1 amide bonds. The van der Waals surface area contributed by atoms with Gasteiger partial charge in [0.25, 0.3) is 0 Å². The van der Waals surface area contributed by atoms with E-state index in [9.17, 15) is 9.59 Å². The number of carbonyl (C=O) groups excluding carboxylic acids is 1. The van der Waals surface area contributed by atoms with Crippen LogP contribution in [0.2, 0.25) is 0 Å². The Hall–Kier alpha value is -2.11. The molecule has 18 heavy (non-hydrogen) atoms. The molecule has 100 valence electrons. The lowest BCUT2D eigenvalue weighted by molar-refractivity contribution is -0.140. The van der Waals surface area contributed by atoms with Crippen LogP contribution in [0.15, 0.2) is 29.5 Å². The normalized spacial score (nSPS) is 11.3. The van der Waals surface area contributed by atoms with E-state index in [0.717, 1.165) is 5.82 Å². The van der Waals surface area contributed by atoms with Gasteiger partial charge in [-0.25, -0.2) is 4.99 Å². The Labute approximate surface area is 107 Å². The fourth-order valence-electron chi connectivity index (χ4n) is 1.26. The van der Waals surface area contributed by atoms with Gasteiger partial charge in [0.05, 0.1) is 0 Å². The molecule has 0 bridgehead atoms. The summed E-state index contributed by atoms with van der Waals surface area (Å²) in [6.07, 6.45) is 5.49. The zero-order valence-corrected chi connectivity index (χ0v) is 10.7. The molecule has 1 N–H and O–H groups in total. The van der Waals surface area contributed by atoms with Gasteiger partial charge < -0.3 is 14.9 Å². The largest absolute Gasteiger partial charge is 0.480 e. The van der Waals surface area contributed by atoms with E-state index in [1.807, 2.05) is 24.9 Å². The van der Waals surface area contributed by atoms with E-state index in [1.54, 1.807) is 12.3 Å². The maximum Gasteiger partial charge on any atom is 0.323 e. The minimum absolute atomic E-state index is 0.293. The van der Waals surface area contributed by atoms with Crippen LogP contribution in [0.1, 0.15) is 6.92 Å². The van der Waals surface area contributed by atoms with E-state index in [4.69, 9.17) is 5.11 Å². The Morgan fingerprint density at radius 2 is 2.11 bits per heavy atom. The maximum atomic E-state index is 10.7. The molecule has 0 fully saturated rings. The van der Waals surface area contributed by atoms with Gasteiger partial charge in [0.1, 0.15) is 12.4 Å². The smallest absolute Gasteiger partial charge is 0.323 e. The van der Waals surface area contributed by atoms with E-state index in [1.165, 1.54) is 4.90 Å². The summed E-state index contributed by atoms with van der Waals surface area (Å²) in [5.74, 6) is -0.295. The standard InChI is InChI=1S/C12H19N3O3/c1-4-6-13-11(5-2)14(3)7-8-15(10-16)9-12(17)18/h4-6,10H,1,7-9H2,2-3H3,(H,17,18)/b11-5+,13-6-. The number of carboxylic acid groups (broad SMARTS) is 1. The van der Waals surface area contributed by atoms with Crippen LogP contribution in [0.3, 0.4) is 0 Å². The van der Waals surface area contributed by atoms with Gasteiger partial charge in [-0.2, -0.15) is 0 Å². The monoisotopic (exact) mass is 253 g/mol. The molecular formula is C12H19N3O3. The van der Waals surface area contributed by atoms with E-state index in [-0.39, 0.29) is 6.54 Å². The molecular weight excluding hydrogens is 234 g/mol. The molecule has 6 nitrogen and oxygen atoms in total. The van der Waals surface area contributed by atoms with Gasteiger partial charge in [-0.15, -0.1) is 0 Å². The molecule has 0 saturated carbocycles. The molecule has 0 aromatic heterocycles. The lowest BCUT2D eigenvalue weighted by Gasteiger charge is -2.22. The van der Waals surface area contributed by atoms with Crippen LogP contribution in [-0.2, 0) is 9.59 Å². The predicted octanol–water partition coefficient (Wildman–Crippen LogP) is 0.579. The number of hydrogen-bond donors (Lipinski definition) is 1. The maximum absolute atomic E-state index is 10.7. The molecule has 0 aliphatic rings. The summed E-state index contributed by atoms with van der Waals surface area (Å²) in [5, 5.41) is 8.59. The second kappa shape index (κ2) is 8.98. The van der Waals surface area contributed by atoms with Crippen LogP contribution in [0.25, 0.3) is 0 Å². The second-order valence-electron chi connectivity index (χ2n) is 3.55. The van der Waals surface area contributed by atoms with Gasteiger partial charge >= 0.3 is 5.97 Å². The van der Waals surface area contributed by atoms with Crippen molar-refractivity contribution in [2.24, 2.45) is 4.99 Å². The van der Waals surface area contributed by atoms with E-state index < -0.39 is 5.97 Å². The highest BCUT2D eigenvalue weighted by Crippen LogP contribution is 2.02. The number of likely N-dealkylation sites (N-methyl/N-ethyl adjacent to an activating group) is 1. The number of carbonyl (C=O) groups is 2. The van der Waals surface area contributed by atoms with Crippen LogP contribution in [0.4, 0.5) is 0 Å². The summed E-state index contributed by atoms with van der Waals surface area (Å²) >= 11 is 0. The van der Waals surface area contributed by atoms with Gasteiger partial charge in [0.15, 0.2) is 0 Å². The number of allylic oxidation sites excluding steroid dienone is 2. The number of hydrogen-bond acceptors (Lipinski definition) is 4. The van der Waals surface area contributed by atoms with Crippen molar-refractivity contribution in [3.05, 3.63) is 24.6 Å². The molecule has 0 aromatic rings. The Morgan fingerprint density at radius 3 is 2.56 bits per heavy atom. The molecule has 6 heteroatoms. The number of aliphatic carboxylic acids is 1. The quantitative estimate of drug-likeness (QED) is 0.482.